The number of rotatable bonds is 4. The van der Waals surface area contributed by atoms with Gasteiger partial charge in [0.05, 0.1) is 27.5 Å². The molecule has 174 valence electrons. The molecule has 0 spiro atoms. The van der Waals surface area contributed by atoms with E-state index < -0.39 is 6.04 Å². The normalized spacial score (nSPS) is 18.8. The van der Waals surface area contributed by atoms with E-state index in [1.54, 1.807) is 12.1 Å². The summed E-state index contributed by atoms with van der Waals surface area (Å²) in [6.45, 7) is 4.65. The summed E-state index contributed by atoms with van der Waals surface area (Å²) in [5.41, 5.74) is 5.03. The van der Waals surface area contributed by atoms with Gasteiger partial charge in [0.2, 0.25) is 0 Å². The number of para-hydroxylation sites is 2. The molecule has 0 bridgehead atoms. The minimum atomic E-state index is -0.474. The zero-order chi connectivity index (χ0) is 23.9. The van der Waals surface area contributed by atoms with Crippen LogP contribution in [-0.2, 0) is 11.4 Å². The molecule has 0 saturated carbocycles. The topological polar surface area (TPSA) is 50.4 Å². The molecule has 2 aliphatic rings. The number of hydrogen-bond donors (Lipinski definition) is 2. The molecule has 4 nitrogen and oxygen atoms in total. The fraction of sp³-hybridized carbons (Fsp3) is 0.250. The molecule has 1 atom stereocenters. The van der Waals surface area contributed by atoms with Crippen LogP contribution < -0.4 is 15.4 Å². The second-order valence-electron chi connectivity index (χ2n) is 9.66. The van der Waals surface area contributed by atoms with Gasteiger partial charge in [0.25, 0.3) is 0 Å². The van der Waals surface area contributed by atoms with E-state index in [4.69, 9.17) is 27.9 Å². The predicted octanol–water partition coefficient (Wildman–Crippen LogP) is 7.79. The summed E-state index contributed by atoms with van der Waals surface area (Å²) >= 11 is 13.6. The van der Waals surface area contributed by atoms with E-state index in [0.29, 0.717) is 40.0 Å². The van der Waals surface area contributed by atoms with Crippen molar-refractivity contribution in [2.24, 2.45) is 5.41 Å². The first-order chi connectivity index (χ1) is 16.3. The van der Waals surface area contributed by atoms with E-state index in [1.807, 2.05) is 54.6 Å². The molecule has 1 aliphatic carbocycles. The van der Waals surface area contributed by atoms with Crippen LogP contribution in [0.2, 0.25) is 10.0 Å². The molecule has 1 aliphatic heterocycles. The quantitative estimate of drug-likeness (QED) is 0.390. The first-order valence-corrected chi connectivity index (χ1v) is 12.1. The number of carbonyl (C=O) groups is 1. The highest BCUT2D eigenvalue weighted by atomic mass is 35.5. The van der Waals surface area contributed by atoms with Gasteiger partial charge in [-0.3, -0.25) is 4.79 Å². The molecule has 0 radical (unpaired) electrons. The Hall–Kier alpha value is -2.95. The molecule has 34 heavy (non-hydrogen) atoms. The van der Waals surface area contributed by atoms with E-state index in [2.05, 4.69) is 24.5 Å². The zero-order valence-corrected chi connectivity index (χ0v) is 20.6. The maximum atomic E-state index is 13.4. The molecule has 0 amide bonds. The highest BCUT2D eigenvalue weighted by Crippen LogP contribution is 2.48. The molecule has 0 aromatic heterocycles. The lowest BCUT2D eigenvalue weighted by molar-refractivity contribution is -0.118. The van der Waals surface area contributed by atoms with Crippen molar-refractivity contribution in [3.8, 4) is 5.75 Å². The number of nitrogens with one attached hydrogen (secondary N) is 2. The number of benzene rings is 3. The summed E-state index contributed by atoms with van der Waals surface area (Å²) in [6, 6.07) is 20.9. The first-order valence-electron chi connectivity index (χ1n) is 11.4. The first kappa shape index (κ1) is 22.8. The molecule has 6 heteroatoms. The Morgan fingerprint density at radius 3 is 2.29 bits per heavy atom. The van der Waals surface area contributed by atoms with Crippen LogP contribution in [0.15, 0.2) is 78.0 Å². The third-order valence-electron chi connectivity index (χ3n) is 6.31. The van der Waals surface area contributed by atoms with Crippen molar-refractivity contribution in [2.45, 2.75) is 39.3 Å². The average molecular weight is 493 g/mol. The van der Waals surface area contributed by atoms with Gasteiger partial charge in [-0.25, -0.2) is 0 Å². The SMILES string of the molecule is CC1(C)CC(=O)C2=C(C1)Nc1ccccc1NC2c1c(Cl)cc(OCc2ccccc2)cc1Cl. The number of ether oxygens (including phenoxy) is 1. The second kappa shape index (κ2) is 9.01. The van der Waals surface area contributed by atoms with Gasteiger partial charge in [-0.1, -0.05) is 79.5 Å². The Morgan fingerprint density at radius 2 is 1.59 bits per heavy atom. The number of halogens is 2. The minimum Gasteiger partial charge on any atom is -0.489 e. The van der Waals surface area contributed by atoms with Crippen LogP contribution >= 0.6 is 23.2 Å². The number of Topliss-reactive ketones (excluding diaryl/α,β-unsaturated/α-hetero) is 1. The fourth-order valence-corrected chi connectivity index (χ4v) is 5.45. The minimum absolute atomic E-state index is 0.0978. The third kappa shape index (κ3) is 4.53. The third-order valence-corrected chi connectivity index (χ3v) is 6.94. The van der Waals surface area contributed by atoms with E-state index in [1.165, 1.54) is 0 Å². The second-order valence-corrected chi connectivity index (χ2v) is 10.5. The molecular weight excluding hydrogens is 467 g/mol. The van der Waals surface area contributed by atoms with Gasteiger partial charge >= 0.3 is 0 Å². The highest BCUT2D eigenvalue weighted by Gasteiger charge is 2.39. The van der Waals surface area contributed by atoms with Crippen LogP contribution in [0.3, 0.4) is 0 Å². The summed E-state index contributed by atoms with van der Waals surface area (Å²) in [7, 11) is 0. The largest absolute Gasteiger partial charge is 0.489 e. The van der Waals surface area contributed by atoms with E-state index in [9.17, 15) is 4.79 Å². The maximum absolute atomic E-state index is 13.4. The number of hydrogen-bond acceptors (Lipinski definition) is 4. The summed E-state index contributed by atoms with van der Waals surface area (Å²) < 4.78 is 5.95. The summed E-state index contributed by atoms with van der Waals surface area (Å²) in [5, 5.41) is 7.97. The predicted molar refractivity (Wildman–Crippen MR) is 139 cm³/mol. The number of fused-ring (bicyclic) bond motifs is 1. The Bertz CT molecular complexity index is 1260. The Balaban J connectivity index is 1.55. The monoisotopic (exact) mass is 492 g/mol. The number of carbonyl (C=O) groups excluding carboxylic acids is 1. The molecule has 5 rings (SSSR count). The van der Waals surface area contributed by atoms with Crippen molar-refractivity contribution in [1.82, 2.24) is 0 Å². The van der Waals surface area contributed by atoms with E-state index >= 15 is 0 Å². The number of anilines is 2. The number of allylic oxidation sites excluding steroid dienone is 1. The standard InChI is InChI=1S/C28H26Cl2N2O2/c1-28(2)14-23-26(24(33)15-28)27(32-22-11-7-6-10-21(22)31-23)25-19(29)12-18(13-20(25)30)34-16-17-8-4-3-5-9-17/h3-13,27,31-32H,14-16H2,1-2H3. The smallest absolute Gasteiger partial charge is 0.163 e. The van der Waals surface area contributed by atoms with Gasteiger partial charge < -0.3 is 15.4 Å². The number of ketones is 1. The maximum Gasteiger partial charge on any atom is 0.163 e. The van der Waals surface area contributed by atoms with Gasteiger partial charge in [0, 0.05) is 23.3 Å². The molecule has 1 unspecified atom stereocenters. The zero-order valence-electron chi connectivity index (χ0n) is 19.1. The Morgan fingerprint density at radius 1 is 0.941 bits per heavy atom. The Labute approximate surface area is 209 Å². The summed E-state index contributed by atoms with van der Waals surface area (Å²) in [4.78, 5) is 13.4. The van der Waals surface area contributed by atoms with Crippen molar-refractivity contribution < 1.29 is 9.53 Å². The van der Waals surface area contributed by atoms with Gasteiger partial charge in [0.15, 0.2) is 5.78 Å². The summed E-state index contributed by atoms with van der Waals surface area (Å²) in [6.07, 6.45) is 1.23. The van der Waals surface area contributed by atoms with Crippen LogP contribution in [0.25, 0.3) is 0 Å². The molecule has 2 N–H and O–H groups in total. The highest BCUT2D eigenvalue weighted by molar-refractivity contribution is 6.36. The van der Waals surface area contributed by atoms with Crippen LogP contribution in [0, 0.1) is 5.41 Å². The van der Waals surface area contributed by atoms with Crippen molar-refractivity contribution in [1.29, 1.82) is 0 Å². The van der Waals surface area contributed by atoms with Crippen LogP contribution in [0.1, 0.15) is 43.9 Å². The van der Waals surface area contributed by atoms with Gasteiger partial charge in [0.1, 0.15) is 12.4 Å². The van der Waals surface area contributed by atoms with Crippen molar-refractivity contribution >= 4 is 40.4 Å². The van der Waals surface area contributed by atoms with Crippen LogP contribution in [0.5, 0.6) is 5.75 Å². The summed E-state index contributed by atoms with van der Waals surface area (Å²) in [5.74, 6) is 0.681. The van der Waals surface area contributed by atoms with Crippen molar-refractivity contribution in [3.63, 3.8) is 0 Å². The van der Waals surface area contributed by atoms with E-state index in [-0.39, 0.29) is 11.2 Å². The van der Waals surface area contributed by atoms with Crippen molar-refractivity contribution in [2.75, 3.05) is 10.6 Å². The fourth-order valence-electron chi connectivity index (χ4n) is 4.77. The molecule has 0 fully saturated rings. The van der Waals surface area contributed by atoms with Crippen molar-refractivity contribution in [3.05, 3.63) is 99.2 Å². The van der Waals surface area contributed by atoms with Gasteiger partial charge in [-0.05, 0) is 41.7 Å². The van der Waals surface area contributed by atoms with E-state index in [0.717, 1.165) is 29.1 Å². The Kier molecular flexibility index (Phi) is 6.05. The average Bonchev–Trinajstić information content (AvgIpc) is 2.93. The lowest BCUT2D eigenvalue weighted by Crippen LogP contribution is -2.31. The molecule has 0 saturated heterocycles. The lowest BCUT2D eigenvalue weighted by atomic mass is 9.73. The molecule has 3 aromatic rings. The molecule has 1 heterocycles. The van der Waals surface area contributed by atoms with Crippen LogP contribution in [0.4, 0.5) is 11.4 Å². The molecular formula is C28H26Cl2N2O2. The molecule has 3 aromatic carbocycles. The van der Waals surface area contributed by atoms with Gasteiger partial charge in [-0.2, -0.15) is 0 Å². The van der Waals surface area contributed by atoms with Crippen LogP contribution in [-0.4, -0.2) is 5.78 Å². The lowest BCUT2D eigenvalue weighted by Gasteiger charge is -2.34. The van der Waals surface area contributed by atoms with Gasteiger partial charge in [-0.15, -0.1) is 0 Å².